The minimum absolute atomic E-state index is 0.352. The van der Waals surface area contributed by atoms with Gasteiger partial charge in [-0.25, -0.2) is 4.39 Å². The Morgan fingerprint density at radius 2 is 2.36 bits per heavy atom. The highest BCUT2D eigenvalue weighted by molar-refractivity contribution is 6.30. The van der Waals surface area contributed by atoms with Crippen molar-refractivity contribution >= 4 is 19.1 Å². The molecule has 1 aromatic heterocycles. The summed E-state index contributed by atoms with van der Waals surface area (Å²) < 4.78 is 11.7. The molecular weight excluding hydrogens is 142 g/mol. The third-order valence-corrected chi connectivity index (χ3v) is 1.33. The van der Waals surface area contributed by atoms with Crippen LogP contribution in [0.2, 0.25) is 0 Å². The van der Waals surface area contributed by atoms with Crippen molar-refractivity contribution in [2.75, 3.05) is 18.5 Å². The van der Waals surface area contributed by atoms with Crippen molar-refractivity contribution in [3.63, 3.8) is 0 Å². The predicted molar refractivity (Wildman–Crippen MR) is 46.9 cm³/mol. The molecule has 0 bridgehead atoms. The van der Waals surface area contributed by atoms with Gasteiger partial charge in [0, 0.05) is 12.7 Å². The summed E-state index contributed by atoms with van der Waals surface area (Å²) in [6.07, 6.45) is 1.70. The molecule has 4 heteroatoms. The average molecular weight is 152 g/mol. The highest BCUT2D eigenvalue weighted by Gasteiger charge is 1.89. The van der Waals surface area contributed by atoms with Crippen LogP contribution in [0.4, 0.5) is 10.1 Å². The monoisotopic (exact) mass is 152 g/mol. The number of anilines is 1. The topological polar surface area (TPSA) is 24.9 Å². The second-order valence-electron chi connectivity index (χ2n) is 2.30. The molecule has 1 N–H and O–H groups in total. The van der Waals surface area contributed by atoms with Gasteiger partial charge in [0.25, 0.3) is 0 Å². The van der Waals surface area contributed by atoms with E-state index >= 15 is 0 Å². The summed E-state index contributed by atoms with van der Waals surface area (Å²) in [6.45, 7) is -0.00137. The van der Waals surface area contributed by atoms with Gasteiger partial charge < -0.3 is 5.32 Å². The van der Waals surface area contributed by atoms with Crippen LogP contribution in [0, 0.1) is 0 Å². The quantitative estimate of drug-likeness (QED) is 0.602. The summed E-state index contributed by atoms with van der Waals surface area (Å²) in [6, 6.07) is 3.78. The molecule has 58 valence electrons. The van der Waals surface area contributed by atoms with Crippen LogP contribution >= 0.6 is 0 Å². The number of pyridine rings is 1. The number of aromatic nitrogens is 1. The van der Waals surface area contributed by atoms with Gasteiger partial charge in [0.05, 0.1) is 5.69 Å². The summed E-state index contributed by atoms with van der Waals surface area (Å²) in [5, 5.41) is 2.88. The first-order valence-electron chi connectivity index (χ1n) is 3.55. The molecule has 0 fully saturated rings. The van der Waals surface area contributed by atoms with E-state index in [4.69, 9.17) is 0 Å². The molecule has 2 nitrogen and oxygen atoms in total. The van der Waals surface area contributed by atoms with E-state index in [1.807, 2.05) is 20.0 Å². The Morgan fingerprint density at radius 3 is 2.91 bits per heavy atom. The largest absolute Gasteiger partial charge is 0.381 e. The van der Waals surface area contributed by atoms with E-state index in [-0.39, 0.29) is 6.67 Å². The summed E-state index contributed by atoms with van der Waals surface area (Å²) in [5.41, 5.74) is 1.84. The molecule has 0 atom stereocenters. The lowest BCUT2D eigenvalue weighted by molar-refractivity contribution is 0.513. The van der Waals surface area contributed by atoms with Crippen molar-refractivity contribution in [3.8, 4) is 0 Å². The Bertz CT molecular complexity index is 212. The fraction of sp³-hybridized carbons (Fsp3) is 0.286. The summed E-state index contributed by atoms with van der Waals surface area (Å²) in [5.74, 6) is 0. The van der Waals surface area contributed by atoms with Gasteiger partial charge in [0.1, 0.15) is 6.67 Å². The number of hydrogen-bond acceptors (Lipinski definition) is 2. The zero-order valence-electron chi connectivity index (χ0n) is 6.47. The Balaban J connectivity index is 2.52. The summed E-state index contributed by atoms with van der Waals surface area (Å²) in [4.78, 5) is 4.05. The van der Waals surface area contributed by atoms with Crippen LogP contribution in [-0.4, -0.2) is 26.0 Å². The Labute approximate surface area is 66.2 Å². The predicted octanol–water partition coefficient (Wildman–Crippen LogP) is -0.279. The van der Waals surface area contributed by atoms with Crippen molar-refractivity contribution in [1.82, 2.24) is 4.98 Å². The normalized spacial score (nSPS) is 9.55. The zero-order chi connectivity index (χ0) is 8.10. The first-order valence-corrected chi connectivity index (χ1v) is 3.55. The molecule has 0 radical (unpaired) electrons. The van der Waals surface area contributed by atoms with Gasteiger partial charge in [-0.15, -0.1) is 0 Å². The van der Waals surface area contributed by atoms with E-state index in [2.05, 4.69) is 10.3 Å². The number of hydrogen-bond donors (Lipinski definition) is 1. The van der Waals surface area contributed by atoms with E-state index in [1.54, 1.807) is 6.20 Å². The van der Waals surface area contributed by atoms with Gasteiger partial charge in [-0.1, -0.05) is 0 Å². The fourth-order valence-corrected chi connectivity index (χ4v) is 0.764. The van der Waals surface area contributed by atoms with Crippen LogP contribution in [0.1, 0.15) is 0 Å². The second kappa shape index (κ2) is 3.96. The third-order valence-electron chi connectivity index (χ3n) is 1.33. The molecular formula is C7H10BFN2. The molecule has 0 aliphatic rings. The molecule has 1 heterocycles. The lowest BCUT2D eigenvalue weighted by Gasteiger charge is -2.01. The number of rotatable bonds is 3. The fourth-order valence-electron chi connectivity index (χ4n) is 0.764. The van der Waals surface area contributed by atoms with Crippen molar-refractivity contribution in [2.45, 2.75) is 0 Å². The molecule has 1 rings (SSSR count). The first-order chi connectivity index (χ1) is 5.33. The minimum atomic E-state index is -0.353. The highest BCUT2D eigenvalue weighted by Crippen LogP contribution is 1.99. The molecule has 0 aromatic carbocycles. The lowest BCUT2D eigenvalue weighted by atomic mass is 10.0. The number of nitrogens with zero attached hydrogens (tertiary/aromatic N) is 1. The van der Waals surface area contributed by atoms with Crippen molar-refractivity contribution in [3.05, 3.63) is 18.3 Å². The van der Waals surface area contributed by atoms with Gasteiger partial charge in [-0.05, 0) is 17.7 Å². The molecule has 0 aliphatic heterocycles. The number of nitrogens with one attached hydrogen (secondary N) is 1. The van der Waals surface area contributed by atoms with Crippen molar-refractivity contribution in [1.29, 1.82) is 0 Å². The van der Waals surface area contributed by atoms with Crippen molar-refractivity contribution < 1.29 is 4.39 Å². The van der Waals surface area contributed by atoms with Gasteiger partial charge >= 0.3 is 0 Å². The van der Waals surface area contributed by atoms with E-state index in [9.17, 15) is 4.39 Å². The van der Waals surface area contributed by atoms with E-state index in [0.29, 0.717) is 6.54 Å². The van der Waals surface area contributed by atoms with Crippen LogP contribution < -0.4 is 10.9 Å². The van der Waals surface area contributed by atoms with Crippen molar-refractivity contribution in [2.24, 2.45) is 0 Å². The standard InChI is InChI=1S/C7H10BFN2/c8-7-2-1-6(5-11-7)10-4-3-9/h1-2,5,10H,3-4,8H2. The highest BCUT2D eigenvalue weighted by atomic mass is 19.1. The van der Waals surface area contributed by atoms with Gasteiger partial charge in [-0.2, -0.15) is 0 Å². The van der Waals surface area contributed by atoms with E-state index in [0.717, 1.165) is 11.3 Å². The maximum atomic E-state index is 11.7. The molecule has 0 amide bonds. The van der Waals surface area contributed by atoms with Crippen LogP contribution in [0.25, 0.3) is 0 Å². The lowest BCUT2D eigenvalue weighted by Crippen LogP contribution is -2.09. The molecule has 0 saturated carbocycles. The number of alkyl halides is 1. The van der Waals surface area contributed by atoms with Gasteiger partial charge in [0.15, 0.2) is 7.85 Å². The van der Waals surface area contributed by atoms with Crippen LogP contribution in [0.3, 0.4) is 0 Å². The maximum absolute atomic E-state index is 11.7. The molecule has 0 saturated heterocycles. The van der Waals surface area contributed by atoms with Gasteiger partial charge in [-0.3, -0.25) is 4.98 Å². The number of halogens is 1. The minimum Gasteiger partial charge on any atom is -0.381 e. The van der Waals surface area contributed by atoms with Gasteiger partial charge in [0.2, 0.25) is 0 Å². The molecule has 1 aromatic rings. The molecule has 0 spiro atoms. The SMILES string of the molecule is Bc1ccc(NCCF)cn1. The Kier molecular flexibility index (Phi) is 2.89. The van der Waals surface area contributed by atoms with E-state index in [1.165, 1.54) is 0 Å². The second-order valence-corrected chi connectivity index (χ2v) is 2.30. The molecule has 0 unspecified atom stereocenters. The summed E-state index contributed by atoms with van der Waals surface area (Å²) >= 11 is 0. The maximum Gasteiger partial charge on any atom is 0.163 e. The molecule has 0 aliphatic carbocycles. The smallest absolute Gasteiger partial charge is 0.163 e. The Morgan fingerprint density at radius 1 is 1.55 bits per heavy atom. The van der Waals surface area contributed by atoms with E-state index < -0.39 is 0 Å². The average Bonchev–Trinajstić information content (AvgIpc) is 2.04. The van der Waals surface area contributed by atoms with Crippen LogP contribution in [0.15, 0.2) is 18.3 Å². The van der Waals surface area contributed by atoms with Crippen LogP contribution in [-0.2, 0) is 0 Å². The third kappa shape index (κ3) is 2.57. The first kappa shape index (κ1) is 8.05. The van der Waals surface area contributed by atoms with Crippen LogP contribution in [0.5, 0.6) is 0 Å². The molecule has 11 heavy (non-hydrogen) atoms. The zero-order valence-corrected chi connectivity index (χ0v) is 6.47. The summed E-state index contributed by atoms with van der Waals surface area (Å²) in [7, 11) is 1.92. The Hall–Kier alpha value is -1.06.